The first-order chi connectivity index (χ1) is 16.0. The summed E-state index contributed by atoms with van der Waals surface area (Å²) in [6.07, 6.45) is -0.347. The van der Waals surface area contributed by atoms with Gasteiger partial charge in [0.15, 0.2) is 0 Å². The summed E-state index contributed by atoms with van der Waals surface area (Å²) in [5, 5.41) is 16.7. The van der Waals surface area contributed by atoms with Gasteiger partial charge in [-0.1, -0.05) is 18.2 Å². The maximum atomic E-state index is 12.8. The lowest BCUT2D eigenvalue weighted by atomic mass is 9.94. The Hall–Kier alpha value is -4.21. The summed E-state index contributed by atoms with van der Waals surface area (Å²) in [5.41, 5.74) is 2.13. The summed E-state index contributed by atoms with van der Waals surface area (Å²) in [4.78, 5) is 50.0. The smallest absolute Gasteiger partial charge is 0.338 e. The van der Waals surface area contributed by atoms with Crippen LogP contribution in [0.1, 0.15) is 48.3 Å². The lowest BCUT2D eigenvalue weighted by Gasteiger charge is -2.33. The van der Waals surface area contributed by atoms with Crippen LogP contribution in [0.2, 0.25) is 0 Å². The number of aryl methyl sites for hydroxylation is 1. The van der Waals surface area contributed by atoms with Crippen LogP contribution in [0.5, 0.6) is 0 Å². The van der Waals surface area contributed by atoms with Gasteiger partial charge >= 0.3 is 12.0 Å². The molecule has 0 aromatic heterocycles. The third-order valence-electron chi connectivity index (χ3n) is 5.46. The minimum Gasteiger partial charge on any atom is -0.459 e. The second kappa shape index (κ2) is 9.74. The average molecular weight is 466 g/mol. The number of allylic oxidation sites excluding steroid dienone is 1. The second-order valence-corrected chi connectivity index (χ2v) is 8.23. The lowest BCUT2D eigenvalue weighted by Crippen LogP contribution is -2.46. The van der Waals surface area contributed by atoms with Gasteiger partial charge in [-0.15, -0.1) is 0 Å². The molecular formula is C24H26N4O6. The van der Waals surface area contributed by atoms with Crippen molar-refractivity contribution in [3.63, 3.8) is 0 Å². The molecule has 1 atom stereocenters. The Morgan fingerprint density at radius 2 is 1.88 bits per heavy atom. The monoisotopic (exact) mass is 466 g/mol. The van der Waals surface area contributed by atoms with Crippen LogP contribution < -0.4 is 10.6 Å². The van der Waals surface area contributed by atoms with Crippen LogP contribution in [0.3, 0.4) is 0 Å². The first-order valence-electron chi connectivity index (χ1n) is 10.6. The Morgan fingerprint density at radius 1 is 1.18 bits per heavy atom. The zero-order valence-corrected chi connectivity index (χ0v) is 19.5. The number of benzene rings is 2. The van der Waals surface area contributed by atoms with Crippen LogP contribution in [0, 0.1) is 17.0 Å². The Labute approximate surface area is 196 Å². The molecule has 0 aliphatic carbocycles. The van der Waals surface area contributed by atoms with E-state index >= 15 is 0 Å². The van der Waals surface area contributed by atoms with Crippen molar-refractivity contribution >= 4 is 29.3 Å². The van der Waals surface area contributed by atoms with Crippen molar-refractivity contribution in [1.29, 1.82) is 0 Å². The Morgan fingerprint density at radius 3 is 2.53 bits per heavy atom. The molecule has 10 heteroatoms. The molecule has 1 unspecified atom stereocenters. The van der Waals surface area contributed by atoms with Crippen molar-refractivity contribution in [2.45, 2.75) is 39.8 Å². The molecule has 178 valence electrons. The van der Waals surface area contributed by atoms with E-state index in [-0.39, 0.29) is 29.0 Å². The fourth-order valence-corrected chi connectivity index (χ4v) is 3.57. The molecule has 10 nitrogen and oxygen atoms in total. The number of rotatable bonds is 6. The highest BCUT2D eigenvalue weighted by Crippen LogP contribution is 2.32. The fraction of sp³-hybridized carbons (Fsp3) is 0.292. The number of anilines is 1. The van der Waals surface area contributed by atoms with Crippen LogP contribution in [0.15, 0.2) is 53.7 Å². The Kier molecular flexibility index (Phi) is 7.00. The predicted molar refractivity (Wildman–Crippen MR) is 125 cm³/mol. The van der Waals surface area contributed by atoms with E-state index in [4.69, 9.17) is 4.74 Å². The zero-order chi connectivity index (χ0) is 25.2. The molecular weight excluding hydrogens is 440 g/mol. The van der Waals surface area contributed by atoms with Gasteiger partial charge in [-0.2, -0.15) is 0 Å². The zero-order valence-electron chi connectivity index (χ0n) is 19.5. The van der Waals surface area contributed by atoms with E-state index in [1.807, 2.05) is 0 Å². The van der Waals surface area contributed by atoms with Crippen LogP contribution >= 0.6 is 0 Å². The van der Waals surface area contributed by atoms with Crippen molar-refractivity contribution in [3.8, 4) is 0 Å². The largest absolute Gasteiger partial charge is 0.459 e. The first kappa shape index (κ1) is 24.4. The Bertz CT molecular complexity index is 1200. The van der Waals surface area contributed by atoms with Gasteiger partial charge < -0.3 is 20.3 Å². The molecule has 0 spiro atoms. The van der Waals surface area contributed by atoms with E-state index in [1.54, 1.807) is 59.0 Å². The molecule has 2 aromatic carbocycles. The van der Waals surface area contributed by atoms with Crippen molar-refractivity contribution in [2.75, 3.05) is 12.4 Å². The minimum absolute atomic E-state index is 0.132. The van der Waals surface area contributed by atoms with Crippen LogP contribution in [0.25, 0.3) is 0 Å². The quantitative estimate of drug-likeness (QED) is 0.375. The van der Waals surface area contributed by atoms with E-state index < -0.39 is 22.8 Å². The van der Waals surface area contributed by atoms with Crippen molar-refractivity contribution in [3.05, 3.63) is 80.5 Å². The molecule has 1 heterocycles. The molecule has 3 amide bonds. The van der Waals surface area contributed by atoms with Gasteiger partial charge in [0.1, 0.15) is 0 Å². The van der Waals surface area contributed by atoms with E-state index in [9.17, 15) is 24.5 Å². The third kappa shape index (κ3) is 5.06. The summed E-state index contributed by atoms with van der Waals surface area (Å²) < 4.78 is 5.39. The average Bonchev–Trinajstić information content (AvgIpc) is 2.76. The van der Waals surface area contributed by atoms with Crippen LogP contribution in [0.4, 0.5) is 16.2 Å². The number of nitrogens with zero attached hydrogens (tertiary/aromatic N) is 2. The second-order valence-electron chi connectivity index (χ2n) is 8.23. The number of carbonyl (C=O) groups is 3. The SMILES string of the molecule is CC1=C(C(=O)OC(C)C)C(c2cccc(NC(=O)c3ccc(C)c([N+](=O)[O-])c3)c2)NC(=O)N1C. The summed E-state index contributed by atoms with van der Waals surface area (Å²) in [5.74, 6) is -1.08. The van der Waals surface area contributed by atoms with E-state index in [0.717, 1.165) is 0 Å². The highest BCUT2D eigenvalue weighted by molar-refractivity contribution is 6.05. The lowest BCUT2D eigenvalue weighted by molar-refractivity contribution is -0.385. The Balaban J connectivity index is 1.92. The topological polar surface area (TPSA) is 131 Å². The standard InChI is InChI=1S/C24H26N4O6/c1-13(2)34-23(30)20-15(4)27(5)24(31)26-21(20)16-7-6-8-18(11-16)25-22(29)17-10-9-14(3)19(12-17)28(32)33/h6-13,21H,1-5H3,(H,25,29)(H,26,31). The molecule has 2 N–H and O–H groups in total. The van der Waals surface area contributed by atoms with Gasteiger partial charge in [-0.05, 0) is 51.5 Å². The van der Waals surface area contributed by atoms with Gasteiger partial charge in [-0.25, -0.2) is 9.59 Å². The number of nitro groups is 1. The van der Waals surface area contributed by atoms with Crippen LogP contribution in [-0.2, 0) is 9.53 Å². The highest BCUT2D eigenvalue weighted by atomic mass is 16.6. The molecule has 3 rings (SSSR count). The fourth-order valence-electron chi connectivity index (χ4n) is 3.57. The van der Waals surface area contributed by atoms with Crippen molar-refractivity contribution in [2.24, 2.45) is 0 Å². The minimum atomic E-state index is -0.785. The molecule has 0 fully saturated rings. The summed E-state index contributed by atoms with van der Waals surface area (Å²) in [6, 6.07) is 9.74. The number of hydrogen-bond donors (Lipinski definition) is 2. The number of nitrogens with one attached hydrogen (secondary N) is 2. The predicted octanol–water partition coefficient (Wildman–Crippen LogP) is 4.08. The maximum absolute atomic E-state index is 12.8. The highest BCUT2D eigenvalue weighted by Gasteiger charge is 2.35. The number of ether oxygens (including phenoxy) is 1. The number of hydrogen-bond acceptors (Lipinski definition) is 6. The number of nitro benzene ring substituents is 1. The van der Waals surface area contributed by atoms with Gasteiger partial charge in [0.05, 0.1) is 22.6 Å². The molecule has 0 saturated heterocycles. The van der Waals surface area contributed by atoms with E-state index in [2.05, 4.69) is 10.6 Å². The number of carbonyl (C=O) groups excluding carboxylic acids is 3. The molecule has 34 heavy (non-hydrogen) atoms. The molecule has 0 bridgehead atoms. The van der Waals surface area contributed by atoms with E-state index in [0.29, 0.717) is 22.5 Å². The number of amides is 3. The molecule has 0 saturated carbocycles. The summed E-state index contributed by atoms with van der Waals surface area (Å²) in [6.45, 7) is 6.73. The van der Waals surface area contributed by atoms with E-state index in [1.165, 1.54) is 23.1 Å². The van der Waals surface area contributed by atoms with Gasteiger partial charge in [0.2, 0.25) is 0 Å². The van der Waals surface area contributed by atoms with Gasteiger partial charge in [0, 0.05) is 35.6 Å². The van der Waals surface area contributed by atoms with Crippen molar-refractivity contribution in [1.82, 2.24) is 10.2 Å². The molecule has 1 aliphatic rings. The van der Waals surface area contributed by atoms with Gasteiger partial charge in [0.25, 0.3) is 11.6 Å². The third-order valence-corrected chi connectivity index (χ3v) is 5.46. The summed E-state index contributed by atoms with van der Waals surface area (Å²) >= 11 is 0. The first-order valence-corrected chi connectivity index (χ1v) is 10.6. The number of esters is 1. The summed E-state index contributed by atoms with van der Waals surface area (Å²) in [7, 11) is 1.56. The molecule has 0 radical (unpaired) electrons. The van der Waals surface area contributed by atoms with Crippen molar-refractivity contribution < 1.29 is 24.0 Å². The maximum Gasteiger partial charge on any atom is 0.338 e. The molecule has 2 aromatic rings. The van der Waals surface area contributed by atoms with Crippen LogP contribution in [-0.4, -0.2) is 40.9 Å². The van der Waals surface area contributed by atoms with Gasteiger partial charge in [-0.3, -0.25) is 14.9 Å². The number of urea groups is 1. The molecule has 1 aliphatic heterocycles. The normalized spacial score (nSPS) is 15.8.